The van der Waals surface area contributed by atoms with E-state index in [0.29, 0.717) is 11.0 Å². The summed E-state index contributed by atoms with van der Waals surface area (Å²) in [7, 11) is 0. The van der Waals surface area contributed by atoms with Gasteiger partial charge in [-0.25, -0.2) is 0 Å². The van der Waals surface area contributed by atoms with E-state index in [2.05, 4.69) is 15.9 Å². The molecule has 0 atom stereocenters. The van der Waals surface area contributed by atoms with Gasteiger partial charge in [0.25, 0.3) is 0 Å². The molecule has 4 aromatic carbocycles. The van der Waals surface area contributed by atoms with Crippen molar-refractivity contribution in [2.75, 3.05) is 0 Å². The zero-order valence-corrected chi connectivity index (χ0v) is 24.3. The van der Waals surface area contributed by atoms with Crippen molar-refractivity contribution in [2.24, 2.45) is 0 Å². The smallest absolute Gasteiger partial charge is 0.310 e. The summed E-state index contributed by atoms with van der Waals surface area (Å²) in [6.45, 7) is 0.164. The molecule has 0 bridgehead atoms. The van der Waals surface area contributed by atoms with Crippen molar-refractivity contribution in [2.45, 2.75) is 38.3 Å². The quantitative estimate of drug-likeness (QED) is 0.168. The molecule has 0 aliphatic carbocycles. The highest BCUT2D eigenvalue weighted by molar-refractivity contribution is 9.10. The largest absolute Gasteiger partial charge is 0.416 e. The third-order valence-corrected chi connectivity index (χ3v) is 7.80. The summed E-state index contributed by atoms with van der Waals surface area (Å²) in [4.78, 5) is 0. The second kappa shape index (κ2) is 12.4. The highest BCUT2D eigenvalue weighted by Gasteiger charge is 2.33. The number of imidazole rings is 1. The molecule has 1 heterocycles. The molecule has 5 aromatic rings. The van der Waals surface area contributed by atoms with Crippen molar-refractivity contribution >= 4 is 39.4 Å². The Morgan fingerprint density at radius 2 is 1.10 bits per heavy atom. The molecule has 0 saturated carbocycles. The predicted molar refractivity (Wildman–Crippen MR) is 156 cm³/mol. The molecule has 1 aromatic heterocycles. The molecule has 11 heteroatoms. The van der Waals surface area contributed by atoms with Crippen LogP contribution in [0.2, 0.25) is 0 Å². The lowest BCUT2D eigenvalue weighted by Gasteiger charge is -2.13. The third-order valence-electron chi connectivity index (χ3n) is 7.11. The van der Waals surface area contributed by atoms with Gasteiger partial charge in [0, 0.05) is 17.6 Å². The Hall–Kier alpha value is -3.50. The van der Waals surface area contributed by atoms with Crippen LogP contribution in [0.25, 0.3) is 22.2 Å². The van der Waals surface area contributed by atoms with Gasteiger partial charge in [0.05, 0.1) is 22.2 Å². The van der Waals surface area contributed by atoms with E-state index in [-0.39, 0.29) is 55.1 Å². The molecule has 0 aliphatic rings. The fourth-order valence-corrected chi connectivity index (χ4v) is 5.67. The zero-order valence-electron chi connectivity index (χ0n) is 21.9. The van der Waals surface area contributed by atoms with Gasteiger partial charge >= 0.3 is 12.4 Å². The number of nitrogens with zero attached hydrogens (tertiary/aromatic N) is 2. The maximum Gasteiger partial charge on any atom is 0.416 e. The van der Waals surface area contributed by atoms with E-state index in [0.717, 1.165) is 27.7 Å². The Balaban J connectivity index is 0.00000405. The predicted octanol–water partition coefficient (Wildman–Crippen LogP) is 9.30. The average Bonchev–Trinajstić information content (AvgIpc) is 3.19. The lowest BCUT2D eigenvalue weighted by atomic mass is 10.0. The lowest BCUT2D eigenvalue weighted by Crippen LogP contribution is -2.26. The number of nitrogens with one attached hydrogen (secondary N) is 1. The molecule has 0 saturated heterocycles. The van der Waals surface area contributed by atoms with Crippen LogP contribution in [-0.4, -0.2) is 9.13 Å². The van der Waals surface area contributed by atoms with E-state index in [1.807, 2.05) is 36.4 Å². The number of hydrogen-bond donors (Lipinski definition) is 1. The van der Waals surface area contributed by atoms with Gasteiger partial charge < -0.3 is 9.13 Å². The number of benzene rings is 4. The van der Waals surface area contributed by atoms with Crippen LogP contribution in [0.5, 0.6) is 0 Å². The first-order chi connectivity index (χ1) is 19.4. The van der Waals surface area contributed by atoms with E-state index in [1.165, 1.54) is 24.3 Å². The first kappa shape index (κ1) is 31.4. The minimum absolute atomic E-state index is 0. The van der Waals surface area contributed by atoms with Gasteiger partial charge in [0.2, 0.25) is 5.62 Å². The molecule has 0 aliphatic heterocycles. The summed E-state index contributed by atoms with van der Waals surface area (Å²) < 4.78 is 85.8. The van der Waals surface area contributed by atoms with Gasteiger partial charge in [-0.05, 0) is 65.4 Å². The molecule has 3 nitrogen and oxygen atoms in total. The second-order valence-corrected chi connectivity index (χ2v) is 10.5. The summed E-state index contributed by atoms with van der Waals surface area (Å²) >= 11 is 3.55. The fraction of sp³-hybridized carbons (Fsp3) is 0.194. The molecule has 42 heavy (non-hydrogen) atoms. The SMILES string of the molecule is Cl.N=c1n(CCc2ccccc2C(F)(F)F)c2ccc(-c3ccccc3Br)cc2n1CCc1ccccc1C(F)(F)F. The van der Waals surface area contributed by atoms with Crippen molar-refractivity contribution in [1.82, 2.24) is 9.13 Å². The number of alkyl halides is 6. The number of aromatic nitrogens is 2. The Kier molecular flexibility index (Phi) is 9.27. The highest BCUT2D eigenvalue weighted by atomic mass is 79.9. The van der Waals surface area contributed by atoms with Crippen molar-refractivity contribution in [1.29, 1.82) is 5.41 Å². The number of fused-ring (bicyclic) bond motifs is 1. The van der Waals surface area contributed by atoms with E-state index in [9.17, 15) is 26.3 Å². The third kappa shape index (κ3) is 6.44. The standard InChI is InChI=1S/C31H24BrF6N3.ClH/c32-26-12-6-3-9-23(26)22-13-14-27-28(19-22)41(18-16-21-8-2-5-11-25(21)31(36,37)38)29(39)40(27)17-15-20-7-1-4-10-24(20)30(33,34)35;/h1-14,19,39H,15-18H2;1H. The van der Waals surface area contributed by atoms with Crippen LogP contribution < -0.4 is 5.62 Å². The van der Waals surface area contributed by atoms with Crippen molar-refractivity contribution in [3.05, 3.63) is 123 Å². The summed E-state index contributed by atoms with van der Waals surface area (Å²) in [5.74, 6) is 0. The first-order valence-corrected chi connectivity index (χ1v) is 13.6. The summed E-state index contributed by atoms with van der Waals surface area (Å²) in [5.41, 5.74) is 1.69. The Morgan fingerprint density at radius 1 is 0.619 bits per heavy atom. The Labute approximate surface area is 252 Å². The minimum atomic E-state index is -4.52. The van der Waals surface area contributed by atoms with E-state index >= 15 is 0 Å². The maximum atomic E-state index is 13.6. The van der Waals surface area contributed by atoms with Crippen molar-refractivity contribution in [3.63, 3.8) is 0 Å². The van der Waals surface area contributed by atoms with Crippen LogP contribution >= 0.6 is 28.3 Å². The maximum absolute atomic E-state index is 13.6. The van der Waals surface area contributed by atoms with Crippen LogP contribution in [0.15, 0.2) is 95.5 Å². The summed E-state index contributed by atoms with van der Waals surface area (Å²) in [6, 6.07) is 23.8. The minimum Gasteiger partial charge on any atom is -0.310 e. The van der Waals surface area contributed by atoms with Gasteiger partial charge in [-0.3, -0.25) is 5.41 Å². The van der Waals surface area contributed by atoms with Gasteiger partial charge in [-0.15, -0.1) is 12.4 Å². The van der Waals surface area contributed by atoms with Gasteiger partial charge in [0.1, 0.15) is 0 Å². The number of halogens is 8. The first-order valence-electron chi connectivity index (χ1n) is 12.8. The fourth-order valence-electron chi connectivity index (χ4n) is 5.15. The zero-order chi connectivity index (χ0) is 29.4. The monoisotopic (exact) mass is 667 g/mol. The van der Waals surface area contributed by atoms with Gasteiger partial charge in [-0.2, -0.15) is 26.3 Å². The Bertz CT molecular complexity index is 1770. The molecule has 0 radical (unpaired) electrons. The molecule has 5 rings (SSSR count). The molecular weight excluding hydrogens is 644 g/mol. The summed E-state index contributed by atoms with van der Waals surface area (Å²) in [5, 5.41) is 8.95. The number of aryl methyl sites for hydroxylation is 4. The molecule has 220 valence electrons. The number of hydrogen-bond acceptors (Lipinski definition) is 1. The Morgan fingerprint density at radius 3 is 1.62 bits per heavy atom. The molecule has 1 N–H and O–H groups in total. The van der Waals surface area contributed by atoms with Crippen LogP contribution in [0.4, 0.5) is 26.3 Å². The molecule has 0 fully saturated rings. The normalized spacial score (nSPS) is 12.0. The second-order valence-electron chi connectivity index (χ2n) is 9.62. The molecule has 0 spiro atoms. The van der Waals surface area contributed by atoms with Crippen molar-refractivity contribution < 1.29 is 26.3 Å². The van der Waals surface area contributed by atoms with Gasteiger partial charge in [0.15, 0.2) is 0 Å². The van der Waals surface area contributed by atoms with Crippen LogP contribution in [0.1, 0.15) is 22.3 Å². The topological polar surface area (TPSA) is 33.7 Å². The van der Waals surface area contributed by atoms with E-state index < -0.39 is 23.5 Å². The van der Waals surface area contributed by atoms with Crippen molar-refractivity contribution in [3.8, 4) is 11.1 Å². The average molecular weight is 669 g/mol. The van der Waals surface area contributed by atoms with Crippen LogP contribution in [0.3, 0.4) is 0 Å². The van der Waals surface area contributed by atoms with E-state index in [4.69, 9.17) is 5.41 Å². The van der Waals surface area contributed by atoms with E-state index in [1.54, 1.807) is 27.3 Å². The summed E-state index contributed by atoms with van der Waals surface area (Å²) in [6.07, 6.45) is -8.99. The lowest BCUT2D eigenvalue weighted by molar-refractivity contribution is -0.139. The van der Waals surface area contributed by atoms with Crippen LogP contribution in [0, 0.1) is 5.41 Å². The van der Waals surface area contributed by atoms with Crippen LogP contribution in [-0.2, 0) is 38.3 Å². The van der Waals surface area contributed by atoms with Gasteiger partial charge in [-0.1, -0.05) is 76.6 Å². The molecule has 0 unspecified atom stereocenters. The number of rotatable bonds is 7. The highest BCUT2D eigenvalue weighted by Crippen LogP contribution is 2.34. The molecular formula is C31H25BrClF6N3. The molecule has 0 amide bonds.